The molecule has 0 saturated carbocycles. The Labute approximate surface area is 165 Å². The van der Waals surface area contributed by atoms with Crippen molar-refractivity contribution in [2.24, 2.45) is 0 Å². The number of carbonyl (C=O) groups excluding carboxylic acids is 2. The summed E-state index contributed by atoms with van der Waals surface area (Å²) in [6.45, 7) is 7.28. The zero-order valence-corrected chi connectivity index (χ0v) is 16.7. The second-order valence-electron chi connectivity index (χ2n) is 7.04. The van der Waals surface area contributed by atoms with Crippen molar-refractivity contribution >= 4 is 11.8 Å². The lowest BCUT2D eigenvalue weighted by Crippen LogP contribution is -2.50. The van der Waals surface area contributed by atoms with E-state index in [-0.39, 0.29) is 36.8 Å². The molecule has 6 heteroatoms. The Hall–Kier alpha value is -2.89. The van der Waals surface area contributed by atoms with Crippen molar-refractivity contribution in [2.45, 2.75) is 46.3 Å². The lowest BCUT2D eigenvalue weighted by molar-refractivity contribution is -0.142. The first-order valence-electron chi connectivity index (χ1n) is 9.30. The molecule has 0 spiro atoms. The molecule has 0 saturated heterocycles. The third-order valence-electron chi connectivity index (χ3n) is 4.31. The average Bonchev–Trinajstić information content (AvgIpc) is 2.65. The number of benzene rings is 2. The highest BCUT2D eigenvalue weighted by atomic mass is 19.1. The van der Waals surface area contributed by atoms with Crippen molar-refractivity contribution in [3.05, 3.63) is 65.5 Å². The van der Waals surface area contributed by atoms with Gasteiger partial charge < -0.3 is 15.0 Å². The zero-order valence-electron chi connectivity index (χ0n) is 16.7. The first-order valence-corrected chi connectivity index (χ1v) is 9.30. The molecule has 2 rings (SSSR count). The molecule has 2 amide bonds. The van der Waals surface area contributed by atoms with Gasteiger partial charge in [0.2, 0.25) is 5.91 Å². The molecule has 0 unspecified atom stereocenters. The summed E-state index contributed by atoms with van der Waals surface area (Å²) in [4.78, 5) is 26.8. The van der Waals surface area contributed by atoms with Gasteiger partial charge in [0.25, 0.3) is 5.91 Å². The van der Waals surface area contributed by atoms with Crippen LogP contribution < -0.4 is 10.1 Å². The van der Waals surface area contributed by atoms with Crippen LogP contribution in [0.2, 0.25) is 0 Å². The van der Waals surface area contributed by atoms with E-state index in [0.717, 1.165) is 11.1 Å². The predicted molar refractivity (Wildman–Crippen MR) is 106 cm³/mol. The van der Waals surface area contributed by atoms with Crippen LogP contribution in [0.25, 0.3) is 0 Å². The normalized spacial score (nSPS) is 11.8. The summed E-state index contributed by atoms with van der Waals surface area (Å²) < 4.78 is 18.9. The van der Waals surface area contributed by atoms with E-state index in [4.69, 9.17) is 4.74 Å². The molecule has 0 aromatic heterocycles. The van der Waals surface area contributed by atoms with E-state index in [2.05, 4.69) is 5.32 Å². The van der Waals surface area contributed by atoms with Crippen molar-refractivity contribution in [1.82, 2.24) is 10.2 Å². The molecule has 28 heavy (non-hydrogen) atoms. The average molecular weight is 386 g/mol. The number of nitrogens with zero attached hydrogens (tertiary/aromatic N) is 1. The summed E-state index contributed by atoms with van der Waals surface area (Å²) in [5.41, 5.74) is 1.65. The van der Waals surface area contributed by atoms with Crippen molar-refractivity contribution in [1.29, 1.82) is 0 Å². The standard InChI is InChI=1S/C22H27FN2O3/c1-15(2)24-22(27)17(4)25(13-18-9-11-19(23)12-10-18)21(26)14-28-20-8-6-5-7-16(20)3/h5-12,15,17H,13-14H2,1-4H3,(H,24,27)/t17-/m0/s1. The van der Waals surface area contributed by atoms with Gasteiger partial charge in [-0.2, -0.15) is 0 Å². The van der Waals surface area contributed by atoms with Gasteiger partial charge in [0.15, 0.2) is 6.61 Å². The Morgan fingerprint density at radius 3 is 2.32 bits per heavy atom. The molecular weight excluding hydrogens is 359 g/mol. The minimum absolute atomic E-state index is 0.0408. The SMILES string of the molecule is Cc1ccccc1OCC(=O)N(Cc1ccc(F)cc1)[C@@H](C)C(=O)NC(C)C. The summed E-state index contributed by atoms with van der Waals surface area (Å²) in [5.74, 6) is -0.299. The van der Waals surface area contributed by atoms with E-state index >= 15 is 0 Å². The smallest absolute Gasteiger partial charge is 0.261 e. The van der Waals surface area contributed by atoms with E-state index in [1.165, 1.54) is 17.0 Å². The lowest BCUT2D eigenvalue weighted by atomic mass is 10.1. The van der Waals surface area contributed by atoms with Crippen molar-refractivity contribution in [3.8, 4) is 5.75 Å². The molecule has 0 heterocycles. The molecule has 1 atom stereocenters. The van der Waals surface area contributed by atoms with Crippen LogP contribution in [-0.2, 0) is 16.1 Å². The Kier molecular flexibility index (Phi) is 7.55. The second-order valence-corrected chi connectivity index (χ2v) is 7.04. The van der Waals surface area contributed by atoms with E-state index in [1.807, 2.05) is 39.0 Å². The van der Waals surface area contributed by atoms with Gasteiger partial charge in [0, 0.05) is 12.6 Å². The minimum atomic E-state index is -0.694. The van der Waals surface area contributed by atoms with Crippen LogP contribution in [0, 0.1) is 12.7 Å². The Morgan fingerprint density at radius 1 is 1.07 bits per heavy atom. The zero-order chi connectivity index (χ0) is 20.7. The number of para-hydroxylation sites is 1. The Balaban J connectivity index is 2.15. The van der Waals surface area contributed by atoms with Gasteiger partial charge in [-0.25, -0.2) is 4.39 Å². The van der Waals surface area contributed by atoms with E-state index < -0.39 is 6.04 Å². The van der Waals surface area contributed by atoms with Gasteiger partial charge in [-0.15, -0.1) is 0 Å². The quantitative estimate of drug-likeness (QED) is 0.756. The molecular formula is C22H27FN2O3. The van der Waals surface area contributed by atoms with Crippen LogP contribution >= 0.6 is 0 Å². The van der Waals surface area contributed by atoms with Gasteiger partial charge in [0.1, 0.15) is 17.6 Å². The number of nitrogens with one attached hydrogen (secondary N) is 1. The Morgan fingerprint density at radius 2 is 1.71 bits per heavy atom. The predicted octanol–water partition coefficient (Wildman–Crippen LogP) is 3.45. The van der Waals surface area contributed by atoms with Crippen LogP contribution in [-0.4, -0.2) is 35.4 Å². The lowest BCUT2D eigenvalue weighted by Gasteiger charge is -2.29. The van der Waals surface area contributed by atoms with Crippen LogP contribution in [0.5, 0.6) is 5.75 Å². The van der Waals surface area contributed by atoms with E-state index in [9.17, 15) is 14.0 Å². The molecule has 2 aromatic rings. The van der Waals surface area contributed by atoms with Crippen molar-refractivity contribution in [3.63, 3.8) is 0 Å². The fraction of sp³-hybridized carbons (Fsp3) is 0.364. The molecule has 150 valence electrons. The van der Waals surface area contributed by atoms with Gasteiger partial charge in [-0.3, -0.25) is 9.59 Å². The molecule has 0 aliphatic rings. The fourth-order valence-electron chi connectivity index (χ4n) is 2.72. The number of hydrogen-bond acceptors (Lipinski definition) is 3. The second kappa shape index (κ2) is 9.88. The number of rotatable bonds is 8. The number of aryl methyl sites for hydroxylation is 1. The third-order valence-corrected chi connectivity index (χ3v) is 4.31. The van der Waals surface area contributed by atoms with Crippen LogP contribution in [0.1, 0.15) is 31.9 Å². The summed E-state index contributed by atoms with van der Waals surface area (Å²) >= 11 is 0. The summed E-state index contributed by atoms with van der Waals surface area (Å²) in [7, 11) is 0. The minimum Gasteiger partial charge on any atom is -0.484 e. The molecule has 0 aliphatic carbocycles. The fourth-order valence-corrected chi connectivity index (χ4v) is 2.72. The summed E-state index contributed by atoms with van der Waals surface area (Å²) in [5, 5.41) is 2.82. The highest BCUT2D eigenvalue weighted by molar-refractivity contribution is 5.88. The van der Waals surface area contributed by atoms with Crippen LogP contribution in [0.3, 0.4) is 0 Å². The Bertz CT molecular complexity index is 806. The van der Waals surface area contributed by atoms with E-state index in [1.54, 1.807) is 25.1 Å². The highest BCUT2D eigenvalue weighted by Crippen LogP contribution is 2.17. The largest absolute Gasteiger partial charge is 0.484 e. The van der Waals surface area contributed by atoms with Gasteiger partial charge in [0.05, 0.1) is 0 Å². The molecule has 5 nitrogen and oxygen atoms in total. The molecule has 1 N–H and O–H groups in total. The van der Waals surface area contributed by atoms with Gasteiger partial charge in [-0.05, 0) is 57.0 Å². The topological polar surface area (TPSA) is 58.6 Å². The van der Waals surface area contributed by atoms with Crippen LogP contribution in [0.4, 0.5) is 4.39 Å². The summed E-state index contributed by atoms with van der Waals surface area (Å²) in [6, 6.07) is 12.6. The molecule has 0 bridgehead atoms. The van der Waals surface area contributed by atoms with Gasteiger partial charge >= 0.3 is 0 Å². The summed E-state index contributed by atoms with van der Waals surface area (Å²) in [6.07, 6.45) is 0. The molecule has 0 aliphatic heterocycles. The molecule has 0 fully saturated rings. The molecule has 0 radical (unpaired) electrons. The number of amides is 2. The highest BCUT2D eigenvalue weighted by Gasteiger charge is 2.27. The number of halogens is 1. The van der Waals surface area contributed by atoms with E-state index in [0.29, 0.717) is 5.75 Å². The first kappa shape index (κ1) is 21.4. The van der Waals surface area contributed by atoms with Crippen molar-refractivity contribution in [2.75, 3.05) is 6.61 Å². The monoisotopic (exact) mass is 386 g/mol. The van der Waals surface area contributed by atoms with Crippen molar-refractivity contribution < 1.29 is 18.7 Å². The van der Waals surface area contributed by atoms with Gasteiger partial charge in [-0.1, -0.05) is 30.3 Å². The van der Waals surface area contributed by atoms with Crippen LogP contribution in [0.15, 0.2) is 48.5 Å². The maximum Gasteiger partial charge on any atom is 0.261 e. The molecule has 2 aromatic carbocycles. The maximum absolute atomic E-state index is 13.2. The maximum atomic E-state index is 13.2. The number of hydrogen-bond donors (Lipinski definition) is 1. The first-order chi connectivity index (χ1) is 13.3. The number of ether oxygens (including phenoxy) is 1. The third kappa shape index (κ3) is 6.08. The number of carbonyl (C=O) groups is 2.